The van der Waals surface area contributed by atoms with E-state index in [9.17, 15) is 0 Å². The van der Waals surface area contributed by atoms with Crippen LogP contribution in [0.1, 0.15) is 23.5 Å². The predicted octanol–water partition coefficient (Wildman–Crippen LogP) is 11.8. The van der Waals surface area contributed by atoms with Crippen molar-refractivity contribution in [1.29, 1.82) is 0 Å². The third-order valence-electron chi connectivity index (χ3n) is 8.83. The predicted molar refractivity (Wildman–Crippen MR) is 191 cm³/mol. The van der Waals surface area contributed by atoms with Gasteiger partial charge in [0.05, 0.1) is 0 Å². The smallest absolute Gasteiger partial charge is 0.0433 e. The Hall–Kier alpha value is -5.18. The Morgan fingerprint density at radius 3 is 2.16 bits per heavy atom. The summed E-state index contributed by atoms with van der Waals surface area (Å²) in [7, 11) is 0. The third kappa shape index (κ3) is 4.84. The minimum Gasteiger partial charge on any atom is -0.398 e. The standard InChI is InChI=1S/C42H31NS/c43-40-19-3-1-15-36(40)35-14-7-13-34(27-35)33-12-6-11-32(26-33)31-10-5-9-30(25-31)28-21-23-29(24-22-28)37-17-8-18-39-38-16-2-4-20-41(38)44-42(37)39/h1-25,27,32H,26,43H2. The van der Waals surface area contributed by atoms with E-state index in [1.807, 2.05) is 29.5 Å². The Labute approximate surface area is 262 Å². The first-order valence-corrected chi connectivity index (χ1v) is 16.0. The van der Waals surface area contributed by atoms with Crippen LogP contribution in [0.5, 0.6) is 0 Å². The lowest BCUT2D eigenvalue weighted by molar-refractivity contribution is 0.868. The Kier molecular flexibility index (Phi) is 6.70. The number of fused-ring (bicyclic) bond motifs is 3. The average Bonchev–Trinajstić information content (AvgIpc) is 3.48. The number of thiophene rings is 1. The average molecular weight is 582 g/mol. The molecule has 210 valence electrons. The first-order chi connectivity index (χ1) is 21.7. The van der Waals surface area contributed by atoms with Crippen molar-refractivity contribution in [2.45, 2.75) is 12.3 Å². The van der Waals surface area contributed by atoms with Gasteiger partial charge in [-0.2, -0.15) is 0 Å². The summed E-state index contributed by atoms with van der Waals surface area (Å²) in [6.07, 6.45) is 7.76. The topological polar surface area (TPSA) is 26.0 Å². The number of rotatable bonds is 5. The summed E-state index contributed by atoms with van der Waals surface area (Å²) >= 11 is 1.88. The first-order valence-electron chi connectivity index (χ1n) is 15.1. The molecule has 0 amide bonds. The lowest BCUT2D eigenvalue weighted by Crippen LogP contribution is -2.01. The van der Waals surface area contributed by atoms with E-state index in [1.165, 1.54) is 59.1 Å². The van der Waals surface area contributed by atoms with Crippen LogP contribution in [0.15, 0.2) is 158 Å². The third-order valence-corrected chi connectivity index (χ3v) is 10.1. The molecule has 2 heteroatoms. The number of nitrogens with two attached hydrogens (primary N) is 1. The molecule has 1 aliphatic rings. The Balaban J connectivity index is 1.05. The van der Waals surface area contributed by atoms with Crippen molar-refractivity contribution in [1.82, 2.24) is 0 Å². The van der Waals surface area contributed by atoms with Gasteiger partial charge in [-0.25, -0.2) is 0 Å². The molecule has 44 heavy (non-hydrogen) atoms. The molecule has 6 aromatic carbocycles. The molecule has 0 saturated heterocycles. The lowest BCUT2D eigenvalue weighted by Gasteiger charge is -2.20. The van der Waals surface area contributed by atoms with Crippen molar-refractivity contribution < 1.29 is 0 Å². The second-order valence-electron chi connectivity index (χ2n) is 11.5. The highest BCUT2D eigenvalue weighted by molar-refractivity contribution is 7.26. The zero-order valence-corrected chi connectivity index (χ0v) is 25.1. The van der Waals surface area contributed by atoms with Crippen molar-refractivity contribution in [3.63, 3.8) is 0 Å². The minimum atomic E-state index is 0.324. The molecular weight excluding hydrogens is 551 g/mol. The molecule has 1 aromatic heterocycles. The summed E-state index contributed by atoms with van der Waals surface area (Å²) < 4.78 is 2.70. The quantitative estimate of drug-likeness (QED) is 0.201. The van der Waals surface area contributed by atoms with Gasteiger partial charge in [0, 0.05) is 37.3 Å². The molecule has 0 saturated carbocycles. The maximum absolute atomic E-state index is 6.29. The molecule has 1 unspecified atom stereocenters. The van der Waals surface area contributed by atoms with Gasteiger partial charge in [0.2, 0.25) is 0 Å². The van der Waals surface area contributed by atoms with E-state index in [1.54, 1.807) is 0 Å². The van der Waals surface area contributed by atoms with Crippen LogP contribution in [0.25, 0.3) is 59.1 Å². The molecule has 0 aliphatic heterocycles. The SMILES string of the molecule is Nc1ccccc1-c1cccc(C2=CC=CC(c3cccc(-c4ccc(-c5cccc6c5sc5ccccc56)cc4)c3)C2)c1. The van der Waals surface area contributed by atoms with Crippen molar-refractivity contribution in [2.75, 3.05) is 5.73 Å². The van der Waals surface area contributed by atoms with Crippen LogP contribution in [-0.2, 0) is 0 Å². The van der Waals surface area contributed by atoms with Crippen LogP contribution in [-0.4, -0.2) is 0 Å². The maximum atomic E-state index is 6.29. The second-order valence-corrected chi connectivity index (χ2v) is 12.6. The molecule has 8 rings (SSSR count). The molecule has 1 nitrogen and oxygen atoms in total. The van der Waals surface area contributed by atoms with Crippen molar-refractivity contribution >= 4 is 42.8 Å². The molecular formula is C42H31NS. The zero-order chi connectivity index (χ0) is 29.5. The van der Waals surface area contributed by atoms with Crippen molar-refractivity contribution in [2.24, 2.45) is 0 Å². The van der Waals surface area contributed by atoms with E-state index in [2.05, 4.69) is 140 Å². The maximum Gasteiger partial charge on any atom is 0.0433 e. The number of anilines is 1. The molecule has 0 fully saturated rings. The monoisotopic (exact) mass is 581 g/mol. The van der Waals surface area contributed by atoms with Gasteiger partial charge in [-0.05, 0) is 69.1 Å². The van der Waals surface area contributed by atoms with E-state index >= 15 is 0 Å². The molecule has 0 radical (unpaired) electrons. The highest BCUT2D eigenvalue weighted by Crippen LogP contribution is 2.41. The van der Waals surface area contributed by atoms with Crippen LogP contribution in [0.4, 0.5) is 5.69 Å². The van der Waals surface area contributed by atoms with Gasteiger partial charge in [-0.3, -0.25) is 0 Å². The number of allylic oxidation sites excluding steroid dienone is 4. The molecule has 0 bridgehead atoms. The van der Waals surface area contributed by atoms with E-state index in [-0.39, 0.29) is 0 Å². The Morgan fingerprint density at radius 2 is 1.25 bits per heavy atom. The Bertz CT molecular complexity index is 2210. The second kappa shape index (κ2) is 11.1. The van der Waals surface area contributed by atoms with Gasteiger partial charge >= 0.3 is 0 Å². The highest BCUT2D eigenvalue weighted by atomic mass is 32.1. The van der Waals surface area contributed by atoms with Gasteiger partial charge in [-0.15, -0.1) is 11.3 Å². The molecule has 7 aromatic rings. The zero-order valence-electron chi connectivity index (χ0n) is 24.3. The molecule has 1 heterocycles. The van der Waals surface area contributed by atoms with E-state index in [0.29, 0.717) is 5.92 Å². The summed E-state index contributed by atoms with van der Waals surface area (Å²) in [6, 6.07) is 50.3. The summed E-state index contributed by atoms with van der Waals surface area (Å²) in [5, 5.41) is 2.68. The van der Waals surface area contributed by atoms with Gasteiger partial charge in [0.15, 0.2) is 0 Å². The number of benzene rings is 6. The van der Waals surface area contributed by atoms with Gasteiger partial charge in [0.1, 0.15) is 0 Å². The van der Waals surface area contributed by atoms with E-state index in [0.717, 1.165) is 23.2 Å². The minimum absolute atomic E-state index is 0.324. The van der Waals surface area contributed by atoms with Crippen LogP contribution in [0, 0.1) is 0 Å². The molecule has 1 aliphatic carbocycles. The molecule has 2 N–H and O–H groups in total. The number of para-hydroxylation sites is 1. The number of hydrogen-bond donors (Lipinski definition) is 1. The van der Waals surface area contributed by atoms with Crippen molar-refractivity contribution in [3.05, 3.63) is 169 Å². The fourth-order valence-electron chi connectivity index (χ4n) is 6.53. The van der Waals surface area contributed by atoms with Gasteiger partial charge < -0.3 is 5.73 Å². The van der Waals surface area contributed by atoms with Crippen LogP contribution in [0.2, 0.25) is 0 Å². The highest BCUT2D eigenvalue weighted by Gasteiger charge is 2.17. The van der Waals surface area contributed by atoms with Gasteiger partial charge in [-0.1, -0.05) is 140 Å². The van der Waals surface area contributed by atoms with E-state index < -0.39 is 0 Å². The van der Waals surface area contributed by atoms with E-state index in [4.69, 9.17) is 5.73 Å². The normalized spacial score (nSPS) is 14.6. The van der Waals surface area contributed by atoms with Crippen LogP contribution in [0.3, 0.4) is 0 Å². The lowest BCUT2D eigenvalue weighted by atomic mass is 9.84. The fourth-order valence-corrected chi connectivity index (χ4v) is 7.77. The van der Waals surface area contributed by atoms with Crippen LogP contribution >= 0.6 is 11.3 Å². The number of hydrogen-bond acceptors (Lipinski definition) is 2. The first kappa shape index (κ1) is 26.4. The van der Waals surface area contributed by atoms with Crippen molar-refractivity contribution in [3.8, 4) is 33.4 Å². The summed E-state index contributed by atoms with van der Waals surface area (Å²) in [5.41, 5.74) is 18.3. The molecule has 0 spiro atoms. The van der Waals surface area contributed by atoms with Crippen LogP contribution < -0.4 is 5.73 Å². The molecule has 1 atom stereocenters. The van der Waals surface area contributed by atoms with Gasteiger partial charge in [0.25, 0.3) is 0 Å². The fraction of sp³-hybridized carbons (Fsp3) is 0.0476. The largest absolute Gasteiger partial charge is 0.398 e. The summed E-state index contributed by atoms with van der Waals surface area (Å²) in [4.78, 5) is 0. The summed E-state index contributed by atoms with van der Waals surface area (Å²) in [5.74, 6) is 0.324. The Morgan fingerprint density at radius 1 is 0.545 bits per heavy atom. The summed E-state index contributed by atoms with van der Waals surface area (Å²) in [6.45, 7) is 0. The number of nitrogen functional groups attached to an aromatic ring is 1.